The van der Waals surface area contributed by atoms with Gasteiger partial charge in [-0.15, -0.1) is 6.58 Å². The number of ketones is 1. The lowest BCUT2D eigenvalue weighted by molar-refractivity contribution is -0.110. The lowest BCUT2D eigenvalue weighted by atomic mass is 9.82. The first-order chi connectivity index (χ1) is 5.58. The van der Waals surface area contributed by atoms with Crippen molar-refractivity contribution in [3.05, 3.63) is 36.7 Å². The molecule has 1 atom stereocenters. The fraction of sp³-hybridized carbons (Fsp3) is 0.300. The molecule has 0 saturated heterocycles. The minimum absolute atomic E-state index is 0.283. The Balaban J connectivity index is 2.93. The standard InChI is InChI=1S/C10H11FO/c1-3-5-10(2)6-4-8(12)7-9(10)11/h3-4,6-7H,1,5H2,2H3. The van der Waals surface area contributed by atoms with Gasteiger partial charge in [0.15, 0.2) is 5.78 Å². The van der Waals surface area contributed by atoms with Crippen LogP contribution in [0.2, 0.25) is 0 Å². The van der Waals surface area contributed by atoms with E-state index in [1.165, 1.54) is 6.08 Å². The number of halogens is 1. The molecule has 1 aliphatic rings. The highest BCUT2D eigenvalue weighted by Crippen LogP contribution is 2.35. The van der Waals surface area contributed by atoms with Crippen LogP contribution in [0.1, 0.15) is 13.3 Å². The summed E-state index contributed by atoms with van der Waals surface area (Å²) >= 11 is 0. The fourth-order valence-corrected chi connectivity index (χ4v) is 1.15. The average Bonchev–Trinajstić information content (AvgIpc) is 1.99. The van der Waals surface area contributed by atoms with Gasteiger partial charge < -0.3 is 0 Å². The summed E-state index contributed by atoms with van der Waals surface area (Å²) in [4.78, 5) is 10.7. The molecule has 0 heterocycles. The van der Waals surface area contributed by atoms with Gasteiger partial charge in [-0.2, -0.15) is 0 Å². The summed E-state index contributed by atoms with van der Waals surface area (Å²) in [6.07, 6.45) is 6.18. The van der Waals surface area contributed by atoms with Crippen molar-refractivity contribution in [1.29, 1.82) is 0 Å². The number of carbonyl (C=O) groups is 1. The lowest BCUT2D eigenvalue weighted by Crippen LogP contribution is -2.17. The Hall–Kier alpha value is -1.18. The third-order valence-corrected chi connectivity index (χ3v) is 2.00. The molecule has 0 N–H and O–H groups in total. The molecule has 64 valence electrons. The van der Waals surface area contributed by atoms with Crippen LogP contribution in [0.3, 0.4) is 0 Å². The van der Waals surface area contributed by atoms with E-state index in [0.29, 0.717) is 6.42 Å². The smallest absolute Gasteiger partial charge is 0.180 e. The summed E-state index contributed by atoms with van der Waals surface area (Å²) in [5, 5.41) is 0. The molecule has 0 radical (unpaired) electrons. The number of rotatable bonds is 2. The molecular weight excluding hydrogens is 155 g/mol. The van der Waals surface area contributed by atoms with Crippen molar-refractivity contribution in [3.8, 4) is 0 Å². The molecule has 12 heavy (non-hydrogen) atoms. The number of allylic oxidation sites excluding steroid dienone is 5. The maximum atomic E-state index is 13.2. The summed E-state index contributed by atoms with van der Waals surface area (Å²) in [5.41, 5.74) is -0.657. The summed E-state index contributed by atoms with van der Waals surface area (Å²) in [6, 6.07) is 0. The van der Waals surface area contributed by atoms with Gasteiger partial charge in [-0.25, -0.2) is 4.39 Å². The molecule has 0 amide bonds. The van der Waals surface area contributed by atoms with E-state index >= 15 is 0 Å². The van der Waals surface area contributed by atoms with Crippen molar-refractivity contribution in [2.24, 2.45) is 5.41 Å². The maximum Gasteiger partial charge on any atom is 0.180 e. The topological polar surface area (TPSA) is 17.1 Å². The van der Waals surface area contributed by atoms with Gasteiger partial charge in [0.05, 0.1) is 0 Å². The fourth-order valence-electron chi connectivity index (χ4n) is 1.15. The largest absolute Gasteiger partial charge is 0.290 e. The van der Waals surface area contributed by atoms with Crippen LogP contribution in [0.15, 0.2) is 36.7 Å². The Kier molecular flexibility index (Phi) is 2.27. The minimum Gasteiger partial charge on any atom is -0.290 e. The first-order valence-corrected chi connectivity index (χ1v) is 3.80. The van der Waals surface area contributed by atoms with Crippen LogP contribution in [-0.4, -0.2) is 5.78 Å². The van der Waals surface area contributed by atoms with E-state index in [-0.39, 0.29) is 11.6 Å². The van der Waals surface area contributed by atoms with E-state index in [1.54, 1.807) is 19.1 Å². The molecule has 0 spiro atoms. The minimum atomic E-state index is -0.657. The van der Waals surface area contributed by atoms with Crippen molar-refractivity contribution in [2.45, 2.75) is 13.3 Å². The second-order valence-electron chi connectivity index (χ2n) is 3.14. The van der Waals surface area contributed by atoms with Crippen LogP contribution in [0, 0.1) is 5.41 Å². The summed E-state index contributed by atoms with van der Waals surface area (Å²) in [6.45, 7) is 5.28. The van der Waals surface area contributed by atoms with E-state index in [1.807, 2.05) is 0 Å². The summed E-state index contributed by atoms with van der Waals surface area (Å²) < 4.78 is 13.2. The predicted molar refractivity (Wildman–Crippen MR) is 46.3 cm³/mol. The quantitative estimate of drug-likeness (QED) is 0.576. The molecule has 0 saturated carbocycles. The zero-order valence-electron chi connectivity index (χ0n) is 7.01. The highest BCUT2D eigenvalue weighted by Gasteiger charge is 2.28. The van der Waals surface area contributed by atoms with Gasteiger partial charge in [-0.05, 0) is 19.4 Å². The molecule has 0 bridgehead atoms. The van der Waals surface area contributed by atoms with Crippen molar-refractivity contribution >= 4 is 5.78 Å². The lowest BCUT2D eigenvalue weighted by Gasteiger charge is -2.24. The predicted octanol–water partition coefficient (Wildman–Crippen LogP) is 2.56. The normalized spacial score (nSPS) is 28.5. The molecule has 1 rings (SSSR count). The van der Waals surface area contributed by atoms with Gasteiger partial charge in [0, 0.05) is 11.5 Å². The number of hydrogen-bond donors (Lipinski definition) is 0. The van der Waals surface area contributed by atoms with Gasteiger partial charge in [0.2, 0.25) is 0 Å². The van der Waals surface area contributed by atoms with Gasteiger partial charge in [-0.1, -0.05) is 12.2 Å². The van der Waals surface area contributed by atoms with Gasteiger partial charge in [0.1, 0.15) is 5.83 Å². The zero-order valence-corrected chi connectivity index (χ0v) is 7.01. The first-order valence-electron chi connectivity index (χ1n) is 3.80. The van der Waals surface area contributed by atoms with Crippen LogP contribution in [0.4, 0.5) is 4.39 Å². The molecule has 1 nitrogen and oxygen atoms in total. The van der Waals surface area contributed by atoms with E-state index in [0.717, 1.165) is 6.08 Å². The zero-order chi connectivity index (χ0) is 9.19. The molecular formula is C10H11FO. The first kappa shape index (κ1) is 8.91. The van der Waals surface area contributed by atoms with Crippen molar-refractivity contribution in [3.63, 3.8) is 0 Å². The van der Waals surface area contributed by atoms with Crippen molar-refractivity contribution < 1.29 is 9.18 Å². The Labute approximate surface area is 71.3 Å². The van der Waals surface area contributed by atoms with Crippen LogP contribution in [-0.2, 0) is 4.79 Å². The van der Waals surface area contributed by atoms with E-state index in [4.69, 9.17) is 0 Å². The third-order valence-electron chi connectivity index (χ3n) is 2.00. The Morgan fingerprint density at radius 1 is 1.75 bits per heavy atom. The van der Waals surface area contributed by atoms with Gasteiger partial charge in [0.25, 0.3) is 0 Å². The third kappa shape index (κ3) is 1.52. The Morgan fingerprint density at radius 3 is 2.92 bits per heavy atom. The second-order valence-corrected chi connectivity index (χ2v) is 3.14. The van der Waals surface area contributed by atoms with Crippen LogP contribution >= 0.6 is 0 Å². The number of carbonyl (C=O) groups excluding carboxylic acids is 1. The SMILES string of the molecule is C=CCC1(C)C=CC(=O)C=C1F. The second kappa shape index (κ2) is 3.05. The average molecular weight is 166 g/mol. The molecule has 0 aromatic heterocycles. The maximum absolute atomic E-state index is 13.2. The van der Waals surface area contributed by atoms with Gasteiger partial charge in [-0.3, -0.25) is 4.79 Å². The molecule has 1 unspecified atom stereocenters. The molecule has 0 fully saturated rings. The van der Waals surface area contributed by atoms with E-state index in [9.17, 15) is 9.18 Å². The van der Waals surface area contributed by atoms with Crippen molar-refractivity contribution in [1.82, 2.24) is 0 Å². The Bertz CT molecular complexity index is 276. The van der Waals surface area contributed by atoms with Crippen molar-refractivity contribution in [2.75, 3.05) is 0 Å². The molecule has 0 aromatic carbocycles. The van der Waals surface area contributed by atoms with E-state index < -0.39 is 5.41 Å². The summed E-state index contributed by atoms with van der Waals surface area (Å²) in [5.74, 6) is -0.663. The summed E-state index contributed by atoms with van der Waals surface area (Å²) in [7, 11) is 0. The van der Waals surface area contributed by atoms with Crippen LogP contribution < -0.4 is 0 Å². The monoisotopic (exact) mass is 166 g/mol. The molecule has 2 heteroatoms. The molecule has 1 aliphatic carbocycles. The highest BCUT2D eigenvalue weighted by molar-refractivity contribution is 6.00. The van der Waals surface area contributed by atoms with Crippen LogP contribution in [0.25, 0.3) is 0 Å². The highest BCUT2D eigenvalue weighted by atomic mass is 19.1. The van der Waals surface area contributed by atoms with E-state index in [2.05, 4.69) is 6.58 Å². The molecule has 0 aromatic rings. The number of hydrogen-bond acceptors (Lipinski definition) is 1. The molecule has 0 aliphatic heterocycles. The van der Waals surface area contributed by atoms with Gasteiger partial charge >= 0.3 is 0 Å². The van der Waals surface area contributed by atoms with Crippen LogP contribution in [0.5, 0.6) is 0 Å². The Morgan fingerprint density at radius 2 is 2.42 bits per heavy atom.